The van der Waals surface area contributed by atoms with Crippen molar-refractivity contribution in [3.63, 3.8) is 0 Å². The molecule has 0 aromatic carbocycles. The molecule has 1 aromatic rings. The molecule has 0 radical (unpaired) electrons. The van der Waals surface area contributed by atoms with Gasteiger partial charge in [0.2, 0.25) is 0 Å². The van der Waals surface area contributed by atoms with Gasteiger partial charge in [0.25, 0.3) is 0 Å². The largest absolute Gasteiger partial charge is 0.307 e. The van der Waals surface area contributed by atoms with E-state index >= 15 is 0 Å². The summed E-state index contributed by atoms with van der Waals surface area (Å²) in [6.07, 6.45) is 0.965. The maximum atomic E-state index is 4.61. The summed E-state index contributed by atoms with van der Waals surface area (Å²) in [5, 5.41) is 9.19. The summed E-state index contributed by atoms with van der Waals surface area (Å²) in [5.41, 5.74) is 2.40. The highest BCUT2D eigenvalue weighted by Gasteiger charge is 2.16. The molecule has 1 rings (SSSR count). The first-order valence-electron chi connectivity index (χ1n) is 6.58. The fourth-order valence-corrected chi connectivity index (χ4v) is 3.56. The second kappa shape index (κ2) is 7.65. The van der Waals surface area contributed by atoms with Crippen molar-refractivity contribution in [1.82, 2.24) is 15.1 Å². The Bertz CT molecular complexity index is 375. The van der Waals surface area contributed by atoms with Crippen LogP contribution in [0.3, 0.4) is 0 Å². The Hall–Kier alpha value is 0.130. The third kappa shape index (κ3) is 3.81. The van der Waals surface area contributed by atoms with Crippen molar-refractivity contribution < 1.29 is 0 Å². The van der Waals surface area contributed by atoms with Gasteiger partial charge in [-0.05, 0) is 35.2 Å². The number of hydrogen-bond donors (Lipinski definition) is 1. The van der Waals surface area contributed by atoms with Gasteiger partial charge in [-0.15, -0.1) is 0 Å². The molecular weight excluding hydrogens is 358 g/mol. The Kier molecular flexibility index (Phi) is 6.88. The number of nitrogens with one attached hydrogen (secondary N) is 1. The first-order chi connectivity index (χ1) is 8.54. The molecule has 0 bridgehead atoms. The third-order valence-corrected chi connectivity index (χ3v) is 4.81. The summed E-state index contributed by atoms with van der Waals surface area (Å²) in [4.78, 5) is 0. The van der Waals surface area contributed by atoms with Crippen LogP contribution in [0.2, 0.25) is 0 Å². The summed E-state index contributed by atoms with van der Waals surface area (Å²) in [6.45, 7) is 10.5. The van der Waals surface area contributed by atoms with Crippen LogP contribution in [-0.4, -0.2) is 21.2 Å². The lowest BCUT2D eigenvalue weighted by atomic mass is 10.1. The van der Waals surface area contributed by atoms with E-state index in [0.29, 0.717) is 12.0 Å². The molecule has 0 saturated heterocycles. The predicted molar refractivity (Wildman–Crippen MR) is 84.2 cm³/mol. The number of nitrogens with zero attached hydrogens (tertiary/aromatic N) is 2. The van der Waals surface area contributed by atoms with Gasteiger partial charge < -0.3 is 5.32 Å². The quantitative estimate of drug-likeness (QED) is 0.730. The van der Waals surface area contributed by atoms with Crippen molar-refractivity contribution in [1.29, 1.82) is 0 Å². The van der Waals surface area contributed by atoms with Crippen LogP contribution in [0, 0.1) is 5.92 Å². The molecule has 0 saturated carbocycles. The topological polar surface area (TPSA) is 29.9 Å². The molecule has 1 aromatic heterocycles. The molecule has 0 aliphatic heterocycles. The maximum absolute atomic E-state index is 4.61. The monoisotopic (exact) mass is 379 g/mol. The number of hydrogen-bond acceptors (Lipinski definition) is 2. The molecule has 1 unspecified atom stereocenters. The lowest BCUT2D eigenvalue weighted by Gasteiger charge is -2.20. The van der Waals surface area contributed by atoms with Crippen LogP contribution in [0.4, 0.5) is 0 Å². The van der Waals surface area contributed by atoms with E-state index in [4.69, 9.17) is 0 Å². The van der Waals surface area contributed by atoms with Crippen molar-refractivity contribution in [3.05, 3.63) is 15.9 Å². The van der Waals surface area contributed by atoms with Crippen molar-refractivity contribution >= 4 is 31.9 Å². The minimum atomic E-state index is 0.488. The highest BCUT2D eigenvalue weighted by molar-refractivity contribution is 9.10. The summed E-state index contributed by atoms with van der Waals surface area (Å²) in [6, 6.07) is 0.488. The average molecular weight is 381 g/mol. The van der Waals surface area contributed by atoms with Crippen LogP contribution >= 0.6 is 31.9 Å². The molecule has 0 amide bonds. The molecular formula is C13H23Br2N3. The first-order valence-corrected chi connectivity index (χ1v) is 8.49. The minimum Gasteiger partial charge on any atom is -0.307 e. The molecule has 3 nitrogen and oxygen atoms in total. The van der Waals surface area contributed by atoms with Crippen LogP contribution < -0.4 is 5.32 Å². The maximum Gasteiger partial charge on any atom is 0.0767 e. The van der Waals surface area contributed by atoms with E-state index in [1.165, 1.54) is 5.69 Å². The minimum absolute atomic E-state index is 0.488. The Morgan fingerprint density at radius 1 is 1.33 bits per heavy atom. The number of alkyl halides is 1. The lowest BCUT2D eigenvalue weighted by molar-refractivity contribution is 0.424. The van der Waals surface area contributed by atoms with Gasteiger partial charge in [0, 0.05) is 24.5 Å². The highest BCUT2D eigenvalue weighted by Crippen LogP contribution is 2.22. The fourth-order valence-electron chi connectivity index (χ4n) is 1.88. The number of aryl methyl sites for hydroxylation is 2. The summed E-state index contributed by atoms with van der Waals surface area (Å²) >= 11 is 7.24. The SMILES string of the molecule is CCc1nn(CC)c(CNC(CBr)C(C)C)c1Br. The third-order valence-electron chi connectivity index (χ3n) is 3.20. The van der Waals surface area contributed by atoms with Crippen molar-refractivity contribution in [3.8, 4) is 0 Å². The zero-order valence-corrected chi connectivity index (χ0v) is 14.8. The van der Waals surface area contributed by atoms with Gasteiger partial charge in [-0.3, -0.25) is 4.68 Å². The summed E-state index contributed by atoms with van der Waals surface area (Å²) in [7, 11) is 0. The van der Waals surface area contributed by atoms with Crippen LogP contribution in [-0.2, 0) is 19.5 Å². The normalized spacial score (nSPS) is 13.3. The van der Waals surface area contributed by atoms with Gasteiger partial charge in [-0.25, -0.2) is 0 Å². The Morgan fingerprint density at radius 2 is 2.00 bits per heavy atom. The Labute approximate surface area is 127 Å². The van der Waals surface area contributed by atoms with Crippen molar-refractivity contribution in [2.45, 2.75) is 53.2 Å². The number of aromatic nitrogens is 2. The second-order valence-electron chi connectivity index (χ2n) is 4.76. The smallest absolute Gasteiger partial charge is 0.0767 e. The van der Waals surface area contributed by atoms with Crippen LogP contribution in [0.1, 0.15) is 39.1 Å². The molecule has 1 N–H and O–H groups in total. The van der Waals surface area contributed by atoms with Crippen LogP contribution in [0.15, 0.2) is 4.47 Å². The Morgan fingerprint density at radius 3 is 2.44 bits per heavy atom. The van der Waals surface area contributed by atoms with Crippen molar-refractivity contribution in [2.75, 3.05) is 5.33 Å². The first kappa shape index (κ1) is 16.2. The van der Waals surface area contributed by atoms with Crippen LogP contribution in [0.25, 0.3) is 0 Å². The van der Waals surface area contributed by atoms with E-state index in [2.05, 4.69) is 74.7 Å². The molecule has 1 atom stereocenters. The van der Waals surface area contributed by atoms with E-state index in [0.717, 1.165) is 35.0 Å². The highest BCUT2D eigenvalue weighted by atomic mass is 79.9. The average Bonchev–Trinajstić information content (AvgIpc) is 2.66. The summed E-state index contributed by atoms with van der Waals surface area (Å²) < 4.78 is 3.25. The Balaban J connectivity index is 2.80. The standard InChI is InChI=1S/C13H23Br2N3/c1-5-10-13(15)12(18(6-2)17-10)8-16-11(7-14)9(3)4/h9,11,16H,5-8H2,1-4H3. The molecule has 0 spiro atoms. The van der Waals surface area contributed by atoms with Gasteiger partial charge in [0.05, 0.1) is 15.9 Å². The van der Waals surface area contributed by atoms with Crippen molar-refractivity contribution in [2.24, 2.45) is 5.92 Å². The molecule has 18 heavy (non-hydrogen) atoms. The molecule has 0 aliphatic carbocycles. The molecule has 1 heterocycles. The van der Waals surface area contributed by atoms with E-state index in [1.807, 2.05) is 0 Å². The lowest BCUT2D eigenvalue weighted by Crippen LogP contribution is -2.35. The second-order valence-corrected chi connectivity index (χ2v) is 6.20. The predicted octanol–water partition coefficient (Wildman–Crippen LogP) is 3.74. The number of rotatable bonds is 7. The fraction of sp³-hybridized carbons (Fsp3) is 0.769. The molecule has 0 fully saturated rings. The van der Waals surface area contributed by atoms with Gasteiger partial charge >= 0.3 is 0 Å². The van der Waals surface area contributed by atoms with E-state index in [9.17, 15) is 0 Å². The van der Waals surface area contributed by atoms with E-state index in [1.54, 1.807) is 0 Å². The van der Waals surface area contributed by atoms with Gasteiger partial charge in [-0.2, -0.15) is 5.10 Å². The molecule has 104 valence electrons. The van der Waals surface area contributed by atoms with Gasteiger partial charge in [-0.1, -0.05) is 36.7 Å². The summed E-state index contributed by atoms with van der Waals surface area (Å²) in [5.74, 6) is 0.617. The van der Waals surface area contributed by atoms with E-state index < -0.39 is 0 Å². The number of halogens is 2. The van der Waals surface area contributed by atoms with E-state index in [-0.39, 0.29) is 0 Å². The van der Waals surface area contributed by atoms with Crippen LogP contribution in [0.5, 0.6) is 0 Å². The van der Waals surface area contributed by atoms with Gasteiger partial charge in [0.15, 0.2) is 0 Å². The molecule has 5 heteroatoms. The zero-order chi connectivity index (χ0) is 13.7. The zero-order valence-electron chi connectivity index (χ0n) is 11.6. The van der Waals surface area contributed by atoms with Gasteiger partial charge in [0.1, 0.15) is 0 Å². The molecule has 0 aliphatic rings.